The summed E-state index contributed by atoms with van der Waals surface area (Å²) in [6.45, 7) is 0. The van der Waals surface area contributed by atoms with Crippen LogP contribution in [0.15, 0.2) is 30.0 Å². The van der Waals surface area contributed by atoms with Crippen LogP contribution < -0.4 is 5.73 Å². The summed E-state index contributed by atoms with van der Waals surface area (Å²) in [5, 5.41) is 0. The highest BCUT2D eigenvalue weighted by Gasteiger charge is 1.98. The second-order valence-electron chi connectivity index (χ2n) is 2.34. The molecule has 4 heteroatoms. The van der Waals surface area contributed by atoms with E-state index in [0.29, 0.717) is 5.82 Å². The normalized spacial score (nSPS) is 10.0. The van der Waals surface area contributed by atoms with Crippen LogP contribution in [-0.2, 0) is 0 Å². The van der Waals surface area contributed by atoms with Crippen molar-refractivity contribution in [3.63, 3.8) is 0 Å². The van der Waals surface area contributed by atoms with Gasteiger partial charge in [0.05, 0.1) is 10.4 Å². The number of thiazole rings is 1. The molecule has 0 saturated heterocycles. The van der Waals surface area contributed by atoms with Crippen molar-refractivity contribution < 1.29 is 0 Å². The van der Waals surface area contributed by atoms with Crippen LogP contribution in [0.4, 0.5) is 5.82 Å². The Bertz CT molecular complexity index is 370. The standard InChI is InChI=1S/C8H7N3S/c9-8-3-6(1-2-11-8)7-4-10-5-12-7/h1-5H,(H2,9,11). The summed E-state index contributed by atoms with van der Waals surface area (Å²) >= 11 is 1.59. The third-order valence-corrected chi connectivity index (χ3v) is 2.32. The summed E-state index contributed by atoms with van der Waals surface area (Å²) in [5.41, 5.74) is 8.41. The minimum atomic E-state index is 0.543. The molecule has 0 amide bonds. The topological polar surface area (TPSA) is 51.8 Å². The Morgan fingerprint density at radius 3 is 3.00 bits per heavy atom. The summed E-state index contributed by atoms with van der Waals surface area (Å²) in [4.78, 5) is 9.01. The van der Waals surface area contributed by atoms with Crippen molar-refractivity contribution >= 4 is 17.2 Å². The number of nitrogens with two attached hydrogens (primary N) is 1. The number of pyridine rings is 1. The number of nitrogens with zero attached hydrogens (tertiary/aromatic N) is 2. The minimum Gasteiger partial charge on any atom is -0.384 e. The molecule has 0 aromatic carbocycles. The van der Waals surface area contributed by atoms with Gasteiger partial charge < -0.3 is 5.73 Å². The van der Waals surface area contributed by atoms with Crippen LogP contribution in [0.5, 0.6) is 0 Å². The summed E-state index contributed by atoms with van der Waals surface area (Å²) in [6, 6.07) is 3.76. The van der Waals surface area contributed by atoms with E-state index >= 15 is 0 Å². The zero-order valence-corrected chi connectivity index (χ0v) is 7.08. The second-order valence-corrected chi connectivity index (χ2v) is 3.22. The molecule has 0 unspecified atom stereocenters. The van der Waals surface area contributed by atoms with Gasteiger partial charge in [0.1, 0.15) is 5.82 Å². The van der Waals surface area contributed by atoms with Crippen LogP contribution in [0, 0.1) is 0 Å². The molecule has 2 N–H and O–H groups in total. The Kier molecular flexibility index (Phi) is 1.75. The molecule has 0 aliphatic rings. The first kappa shape index (κ1) is 7.24. The molecule has 0 aliphatic carbocycles. The Balaban J connectivity index is 2.48. The quantitative estimate of drug-likeness (QED) is 0.722. The van der Waals surface area contributed by atoms with E-state index in [9.17, 15) is 0 Å². The molecule has 0 atom stereocenters. The lowest BCUT2D eigenvalue weighted by Gasteiger charge is -1.96. The number of hydrogen-bond acceptors (Lipinski definition) is 4. The van der Waals surface area contributed by atoms with Gasteiger partial charge in [0.15, 0.2) is 0 Å². The maximum atomic E-state index is 5.54. The Labute approximate surface area is 73.9 Å². The number of aromatic nitrogens is 2. The van der Waals surface area contributed by atoms with Crippen LogP contribution in [0.1, 0.15) is 0 Å². The van der Waals surface area contributed by atoms with E-state index in [0.717, 1.165) is 10.4 Å². The molecule has 0 saturated carbocycles. The fourth-order valence-electron chi connectivity index (χ4n) is 0.960. The molecule has 2 rings (SSSR count). The van der Waals surface area contributed by atoms with Crippen molar-refractivity contribution in [2.24, 2.45) is 0 Å². The summed E-state index contributed by atoms with van der Waals surface area (Å²) in [7, 11) is 0. The SMILES string of the molecule is Nc1cc(-c2cncs2)ccn1. The van der Waals surface area contributed by atoms with E-state index in [1.165, 1.54) is 0 Å². The van der Waals surface area contributed by atoms with Crippen molar-refractivity contribution in [1.29, 1.82) is 0 Å². The maximum absolute atomic E-state index is 5.54. The van der Waals surface area contributed by atoms with Crippen LogP contribution in [-0.4, -0.2) is 9.97 Å². The van der Waals surface area contributed by atoms with E-state index < -0.39 is 0 Å². The molecule has 2 aromatic heterocycles. The van der Waals surface area contributed by atoms with Crippen LogP contribution in [0.25, 0.3) is 10.4 Å². The highest BCUT2D eigenvalue weighted by Crippen LogP contribution is 2.23. The molecule has 0 radical (unpaired) electrons. The average molecular weight is 177 g/mol. The molecule has 2 heterocycles. The van der Waals surface area contributed by atoms with Crippen molar-refractivity contribution in [1.82, 2.24) is 9.97 Å². The molecule has 0 spiro atoms. The van der Waals surface area contributed by atoms with Crippen molar-refractivity contribution in [2.75, 3.05) is 5.73 Å². The molecule has 0 aliphatic heterocycles. The molecule has 60 valence electrons. The van der Waals surface area contributed by atoms with E-state index in [4.69, 9.17) is 5.73 Å². The van der Waals surface area contributed by atoms with Gasteiger partial charge in [-0.2, -0.15) is 0 Å². The molecule has 0 fully saturated rings. The first-order valence-corrected chi connectivity index (χ1v) is 4.34. The van der Waals surface area contributed by atoms with Crippen LogP contribution in [0.2, 0.25) is 0 Å². The van der Waals surface area contributed by atoms with Gasteiger partial charge in [0.25, 0.3) is 0 Å². The fourth-order valence-corrected chi connectivity index (χ4v) is 1.58. The van der Waals surface area contributed by atoms with E-state index in [1.807, 2.05) is 18.3 Å². The first-order chi connectivity index (χ1) is 5.86. The minimum absolute atomic E-state index is 0.543. The van der Waals surface area contributed by atoms with E-state index in [2.05, 4.69) is 9.97 Å². The van der Waals surface area contributed by atoms with Crippen LogP contribution >= 0.6 is 11.3 Å². The van der Waals surface area contributed by atoms with Gasteiger partial charge in [0.2, 0.25) is 0 Å². The molecular weight excluding hydrogens is 170 g/mol. The number of hydrogen-bond donors (Lipinski definition) is 1. The zero-order valence-electron chi connectivity index (χ0n) is 6.27. The summed E-state index contributed by atoms with van der Waals surface area (Å²) in [5.74, 6) is 0.543. The van der Waals surface area contributed by atoms with Gasteiger partial charge in [-0.3, -0.25) is 4.98 Å². The van der Waals surface area contributed by atoms with E-state index in [-0.39, 0.29) is 0 Å². The number of nitrogen functional groups attached to an aromatic ring is 1. The Morgan fingerprint density at radius 1 is 1.42 bits per heavy atom. The van der Waals surface area contributed by atoms with Gasteiger partial charge in [-0.05, 0) is 17.7 Å². The molecular formula is C8H7N3S. The Hall–Kier alpha value is -1.42. The lowest BCUT2D eigenvalue weighted by Crippen LogP contribution is -1.88. The van der Waals surface area contributed by atoms with Gasteiger partial charge in [-0.15, -0.1) is 11.3 Å². The number of rotatable bonds is 1. The molecule has 12 heavy (non-hydrogen) atoms. The average Bonchev–Trinajstić information content (AvgIpc) is 2.56. The smallest absolute Gasteiger partial charge is 0.123 e. The molecule has 0 bridgehead atoms. The van der Waals surface area contributed by atoms with Crippen molar-refractivity contribution in [3.8, 4) is 10.4 Å². The second kappa shape index (κ2) is 2.91. The lowest BCUT2D eigenvalue weighted by atomic mass is 10.2. The van der Waals surface area contributed by atoms with Crippen molar-refractivity contribution in [3.05, 3.63) is 30.0 Å². The van der Waals surface area contributed by atoms with E-state index in [1.54, 1.807) is 23.0 Å². The molecule has 3 nitrogen and oxygen atoms in total. The largest absolute Gasteiger partial charge is 0.384 e. The number of anilines is 1. The van der Waals surface area contributed by atoms with Crippen molar-refractivity contribution in [2.45, 2.75) is 0 Å². The maximum Gasteiger partial charge on any atom is 0.123 e. The van der Waals surface area contributed by atoms with Gasteiger partial charge >= 0.3 is 0 Å². The molecule has 2 aromatic rings. The van der Waals surface area contributed by atoms with Gasteiger partial charge in [0, 0.05) is 12.4 Å². The third-order valence-electron chi connectivity index (χ3n) is 1.50. The lowest BCUT2D eigenvalue weighted by molar-refractivity contribution is 1.34. The predicted molar refractivity (Wildman–Crippen MR) is 49.8 cm³/mol. The third kappa shape index (κ3) is 1.29. The summed E-state index contributed by atoms with van der Waals surface area (Å²) in [6.07, 6.45) is 3.52. The van der Waals surface area contributed by atoms with Gasteiger partial charge in [-0.25, -0.2) is 4.98 Å². The Morgan fingerprint density at radius 2 is 2.33 bits per heavy atom. The summed E-state index contributed by atoms with van der Waals surface area (Å²) < 4.78 is 0. The van der Waals surface area contributed by atoms with Crippen LogP contribution in [0.3, 0.4) is 0 Å². The predicted octanol–water partition coefficient (Wildman–Crippen LogP) is 1.79. The zero-order chi connectivity index (χ0) is 8.39. The fraction of sp³-hybridized carbons (Fsp3) is 0. The monoisotopic (exact) mass is 177 g/mol. The highest BCUT2D eigenvalue weighted by atomic mass is 32.1. The van der Waals surface area contributed by atoms with Gasteiger partial charge in [-0.1, -0.05) is 0 Å². The first-order valence-electron chi connectivity index (χ1n) is 3.46. The highest BCUT2D eigenvalue weighted by molar-refractivity contribution is 7.13.